The third kappa shape index (κ3) is 3.71. The van der Waals surface area contributed by atoms with Crippen LogP contribution in [0.5, 0.6) is 5.75 Å². The van der Waals surface area contributed by atoms with Gasteiger partial charge in [-0.3, -0.25) is 19.7 Å². The summed E-state index contributed by atoms with van der Waals surface area (Å²) in [4.78, 5) is 42.5. The van der Waals surface area contributed by atoms with Crippen LogP contribution in [0, 0.1) is 0 Å². The van der Waals surface area contributed by atoms with E-state index in [0.29, 0.717) is 24.3 Å². The van der Waals surface area contributed by atoms with Crippen molar-refractivity contribution in [3.63, 3.8) is 0 Å². The summed E-state index contributed by atoms with van der Waals surface area (Å²) in [5.74, 6) is 1.78. The number of hydrogen-bond donors (Lipinski definition) is 2. The fourth-order valence-electron chi connectivity index (χ4n) is 4.39. The van der Waals surface area contributed by atoms with Crippen molar-refractivity contribution in [2.45, 2.75) is 12.1 Å². The molecule has 2 fully saturated rings. The molecule has 3 heterocycles. The average molecular weight is 453 g/mol. The number of hydrogen-bond acceptors (Lipinski definition) is 6. The Hall–Kier alpha value is -3.04. The topological polar surface area (TPSA) is 91.0 Å². The van der Waals surface area contributed by atoms with Gasteiger partial charge in [0.2, 0.25) is 11.8 Å². The van der Waals surface area contributed by atoms with E-state index in [2.05, 4.69) is 10.6 Å². The van der Waals surface area contributed by atoms with E-state index in [-0.39, 0.29) is 30.3 Å². The quantitative estimate of drug-likeness (QED) is 0.736. The van der Waals surface area contributed by atoms with Crippen molar-refractivity contribution < 1.29 is 19.1 Å². The number of carbonyl (C=O) groups is 3. The lowest BCUT2D eigenvalue weighted by Crippen LogP contribution is -2.61. The van der Waals surface area contributed by atoms with Gasteiger partial charge in [0.1, 0.15) is 11.8 Å². The Bertz CT molecular complexity index is 1070. The molecular weight excluding hydrogens is 428 g/mol. The standard InChI is InChI=1S/C23H24N4O4S/c1-31-16-5-2-14(3-6-16)15-4-7-18-17(10-15)22(29)27-9-8-26(11-20(27)21(28)25-18)23(30)19-12-32-13-24-19/h2-7,10,19-20,24H,8-9,11-13H2,1H3,(H,25,28)/t19-,20+/m0/s1. The summed E-state index contributed by atoms with van der Waals surface area (Å²) < 4.78 is 5.22. The first-order valence-electron chi connectivity index (χ1n) is 10.6. The summed E-state index contributed by atoms with van der Waals surface area (Å²) in [7, 11) is 1.62. The van der Waals surface area contributed by atoms with Crippen molar-refractivity contribution in [2.24, 2.45) is 0 Å². The van der Waals surface area contributed by atoms with Crippen molar-refractivity contribution in [1.29, 1.82) is 0 Å². The van der Waals surface area contributed by atoms with E-state index in [1.807, 2.05) is 36.4 Å². The third-order valence-electron chi connectivity index (χ3n) is 6.20. The minimum absolute atomic E-state index is 0.00143. The molecule has 3 aliphatic rings. The van der Waals surface area contributed by atoms with Crippen LogP contribution in [0.15, 0.2) is 42.5 Å². The smallest absolute Gasteiger partial charge is 0.256 e. The number of methoxy groups -OCH3 is 1. The van der Waals surface area contributed by atoms with Crippen LogP contribution < -0.4 is 15.4 Å². The number of fused-ring (bicyclic) bond motifs is 2. The number of rotatable bonds is 3. The van der Waals surface area contributed by atoms with Gasteiger partial charge in [-0.2, -0.15) is 0 Å². The first kappa shape index (κ1) is 20.8. The minimum atomic E-state index is -0.703. The van der Waals surface area contributed by atoms with Crippen LogP contribution in [0.3, 0.4) is 0 Å². The number of amides is 3. The van der Waals surface area contributed by atoms with E-state index in [9.17, 15) is 14.4 Å². The highest BCUT2D eigenvalue weighted by atomic mass is 32.2. The Balaban J connectivity index is 1.40. The number of ether oxygens (including phenoxy) is 1. The largest absolute Gasteiger partial charge is 0.497 e. The molecule has 5 rings (SSSR count). The van der Waals surface area contributed by atoms with Gasteiger partial charge >= 0.3 is 0 Å². The van der Waals surface area contributed by atoms with Crippen molar-refractivity contribution >= 4 is 35.2 Å². The van der Waals surface area contributed by atoms with Crippen LogP contribution in [0.1, 0.15) is 10.4 Å². The molecule has 0 saturated carbocycles. The van der Waals surface area contributed by atoms with Gasteiger partial charge in [0, 0.05) is 24.7 Å². The van der Waals surface area contributed by atoms with Gasteiger partial charge in [0.05, 0.1) is 30.9 Å². The van der Waals surface area contributed by atoms with E-state index >= 15 is 0 Å². The molecular formula is C23H24N4O4S. The van der Waals surface area contributed by atoms with Crippen molar-refractivity contribution in [3.05, 3.63) is 48.0 Å². The fraction of sp³-hybridized carbons (Fsp3) is 0.348. The van der Waals surface area contributed by atoms with Crippen LogP contribution in [-0.4, -0.2) is 78.0 Å². The lowest BCUT2D eigenvalue weighted by molar-refractivity contribution is -0.137. The Morgan fingerprint density at radius 3 is 2.59 bits per heavy atom. The molecule has 0 radical (unpaired) electrons. The lowest BCUT2D eigenvalue weighted by Gasteiger charge is -2.40. The summed E-state index contributed by atoms with van der Waals surface area (Å²) in [5, 5.41) is 6.08. The van der Waals surface area contributed by atoms with Crippen molar-refractivity contribution in [1.82, 2.24) is 15.1 Å². The number of piperazine rings is 1. The third-order valence-corrected chi connectivity index (χ3v) is 7.14. The number of anilines is 1. The van der Waals surface area contributed by atoms with Gasteiger partial charge in [0.25, 0.3) is 5.91 Å². The predicted octanol–water partition coefficient (Wildman–Crippen LogP) is 1.63. The highest BCUT2D eigenvalue weighted by molar-refractivity contribution is 7.99. The van der Waals surface area contributed by atoms with E-state index in [1.54, 1.807) is 34.7 Å². The lowest BCUT2D eigenvalue weighted by atomic mass is 10.0. The van der Waals surface area contributed by atoms with Gasteiger partial charge in [-0.15, -0.1) is 11.8 Å². The van der Waals surface area contributed by atoms with Crippen molar-refractivity contribution in [2.75, 3.05) is 43.7 Å². The molecule has 8 nitrogen and oxygen atoms in total. The highest BCUT2D eigenvalue weighted by Gasteiger charge is 2.41. The van der Waals surface area contributed by atoms with Crippen molar-refractivity contribution in [3.8, 4) is 16.9 Å². The van der Waals surface area contributed by atoms with E-state index < -0.39 is 6.04 Å². The first-order valence-corrected chi connectivity index (χ1v) is 11.7. The molecule has 2 N–H and O–H groups in total. The van der Waals surface area contributed by atoms with Crippen LogP contribution in [0.4, 0.5) is 5.69 Å². The highest BCUT2D eigenvalue weighted by Crippen LogP contribution is 2.31. The summed E-state index contributed by atoms with van der Waals surface area (Å²) >= 11 is 1.69. The molecule has 2 atom stereocenters. The molecule has 2 aromatic carbocycles. The zero-order valence-electron chi connectivity index (χ0n) is 17.7. The van der Waals surface area contributed by atoms with E-state index in [0.717, 1.165) is 28.5 Å². The molecule has 32 heavy (non-hydrogen) atoms. The number of thioether (sulfide) groups is 1. The Morgan fingerprint density at radius 2 is 1.88 bits per heavy atom. The second kappa shape index (κ2) is 8.48. The van der Waals surface area contributed by atoms with Crippen LogP contribution >= 0.6 is 11.8 Å². The normalized spacial score (nSPS) is 22.7. The Morgan fingerprint density at radius 1 is 1.09 bits per heavy atom. The number of carbonyl (C=O) groups excluding carboxylic acids is 3. The summed E-state index contributed by atoms with van der Waals surface area (Å²) in [6, 6.07) is 12.2. The number of benzene rings is 2. The van der Waals surface area contributed by atoms with E-state index in [1.165, 1.54) is 0 Å². The number of nitrogens with zero attached hydrogens (tertiary/aromatic N) is 2. The van der Waals surface area contributed by atoms with Gasteiger partial charge in [0.15, 0.2) is 0 Å². The fourth-order valence-corrected chi connectivity index (χ4v) is 5.32. The second-order valence-electron chi connectivity index (χ2n) is 8.05. The maximum absolute atomic E-state index is 13.4. The molecule has 9 heteroatoms. The molecule has 0 aromatic heterocycles. The number of nitrogens with one attached hydrogen (secondary N) is 2. The molecule has 2 aromatic rings. The molecule has 0 spiro atoms. The average Bonchev–Trinajstić information content (AvgIpc) is 3.35. The minimum Gasteiger partial charge on any atom is -0.497 e. The second-order valence-corrected chi connectivity index (χ2v) is 9.08. The van der Waals surface area contributed by atoms with Gasteiger partial charge in [-0.1, -0.05) is 18.2 Å². The summed E-state index contributed by atoms with van der Waals surface area (Å²) in [6.45, 7) is 0.956. The van der Waals surface area contributed by atoms with Crippen LogP contribution in [0.25, 0.3) is 11.1 Å². The maximum Gasteiger partial charge on any atom is 0.256 e. The molecule has 166 valence electrons. The molecule has 0 unspecified atom stereocenters. The van der Waals surface area contributed by atoms with E-state index in [4.69, 9.17) is 4.74 Å². The summed E-state index contributed by atoms with van der Waals surface area (Å²) in [6.07, 6.45) is 0. The Labute approximate surface area is 190 Å². The monoisotopic (exact) mass is 452 g/mol. The van der Waals surface area contributed by atoms with Crippen LogP contribution in [-0.2, 0) is 9.59 Å². The Kier molecular flexibility index (Phi) is 5.52. The first-order chi connectivity index (χ1) is 15.5. The molecule has 3 amide bonds. The zero-order chi connectivity index (χ0) is 22.2. The molecule has 2 saturated heterocycles. The SMILES string of the molecule is COc1ccc(-c2ccc3c(c2)C(=O)N2CCN(C(=O)[C@@H]4CSCN4)C[C@@H]2C(=O)N3)cc1. The predicted molar refractivity (Wildman–Crippen MR) is 123 cm³/mol. The summed E-state index contributed by atoms with van der Waals surface area (Å²) in [5.41, 5.74) is 2.79. The zero-order valence-corrected chi connectivity index (χ0v) is 18.5. The van der Waals surface area contributed by atoms with Gasteiger partial charge < -0.3 is 19.9 Å². The maximum atomic E-state index is 13.4. The van der Waals surface area contributed by atoms with Gasteiger partial charge in [-0.05, 0) is 35.4 Å². The van der Waals surface area contributed by atoms with Gasteiger partial charge in [-0.25, -0.2) is 0 Å². The van der Waals surface area contributed by atoms with Crippen LogP contribution in [0.2, 0.25) is 0 Å². The molecule has 0 aliphatic carbocycles. The molecule has 0 bridgehead atoms. The molecule has 3 aliphatic heterocycles.